The van der Waals surface area contributed by atoms with Crippen LogP contribution in [-0.4, -0.2) is 18.0 Å². The van der Waals surface area contributed by atoms with Crippen LogP contribution in [0.15, 0.2) is 54.6 Å². The molecule has 104 valence electrons. The molecule has 1 saturated heterocycles. The molecule has 0 radical (unpaired) electrons. The molecule has 0 spiro atoms. The van der Waals surface area contributed by atoms with Gasteiger partial charge in [0.2, 0.25) is 0 Å². The SMILES string of the molecule is Cc1ccccc1[C@H]1CN(Cc2ccccc2)C[C@@H]1C. The van der Waals surface area contributed by atoms with E-state index in [0.29, 0.717) is 5.92 Å². The van der Waals surface area contributed by atoms with Crippen LogP contribution in [0.5, 0.6) is 0 Å². The van der Waals surface area contributed by atoms with Crippen molar-refractivity contribution in [2.45, 2.75) is 26.3 Å². The number of likely N-dealkylation sites (tertiary alicyclic amines) is 1. The van der Waals surface area contributed by atoms with E-state index < -0.39 is 0 Å². The normalized spacial score (nSPS) is 23.1. The van der Waals surface area contributed by atoms with Gasteiger partial charge in [0.25, 0.3) is 0 Å². The first-order valence-corrected chi connectivity index (χ1v) is 7.56. The lowest BCUT2D eigenvalue weighted by Crippen LogP contribution is -2.20. The monoisotopic (exact) mass is 265 g/mol. The molecule has 2 aromatic carbocycles. The van der Waals surface area contributed by atoms with Gasteiger partial charge in [0.15, 0.2) is 0 Å². The highest BCUT2D eigenvalue weighted by Gasteiger charge is 2.31. The van der Waals surface area contributed by atoms with Gasteiger partial charge in [-0.05, 0) is 29.5 Å². The zero-order chi connectivity index (χ0) is 13.9. The van der Waals surface area contributed by atoms with Gasteiger partial charge in [0, 0.05) is 25.6 Å². The number of hydrogen-bond acceptors (Lipinski definition) is 1. The maximum Gasteiger partial charge on any atom is 0.0234 e. The van der Waals surface area contributed by atoms with Crippen molar-refractivity contribution >= 4 is 0 Å². The van der Waals surface area contributed by atoms with E-state index in [4.69, 9.17) is 0 Å². The van der Waals surface area contributed by atoms with Crippen LogP contribution in [0.25, 0.3) is 0 Å². The zero-order valence-corrected chi connectivity index (χ0v) is 12.4. The molecule has 0 unspecified atom stereocenters. The van der Waals surface area contributed by atoms with Gasteiger partial charge in [-0.25, -0.2) is 0 Å². The topological polar surface area (TPSA) is 3.24 Å². The smallest absolute Gasteiger partial charge is 0.0234 e. The second-order valence-electron chi connectivity index (χ2n) is 6.12. The number of nitrogens with zero attached hydrogens (tertiary/aromatic N) is 1. The second-order valence-corrected chi connectivity index (χ2v) is 6.12. The predicted octanol–water partition coefficient (Wildman–Crippen LogP) is 4.23. The Kier molecular flexibility index (Phi) is 3.88. The van der Waals surface area contributed by atoms with Crippen LogP contribution in [-0.2, 0) is 6.54 Å². The van der Waals surface area contributed by atoms with Crippen LogP contribution in [0.4, 0.5) is 0 Å². The predicted molar refractivity (Wildman–Crippen MR) is 84.8 cm³/mol. The van der Waals surface area contributed by atoms with Crippen LogP contribution >= 0.6 is 0 Å². The van der Waals surface area contributed by atoms with E-state index in [1.54, 1.807) is 0 Å². The zero-order valence-electron chi connectivity index (χ0n) is 12.4. The number of rotatable bonds is 3. The molecule has 0 aromatic heterocycles. The summed E-state index contributed by atoms with van der Waals surface area (Å²) < 4.78 is 0. The third-order valence-corrected chi connectivity index (χ3v) is 4.52. The Hall–Kier alpha value is -1.60. The van der Waals surface area contributed by atoms with Gasteiger partial charge in [0.1, 0.15) is 0 Å². The summed E-state index contributed by atoms with van der Waals surface area (Å²) in [7, 11) is 0. The van der Waals surface area contributed by atoms with E-state index in [0.717, 1.165) is 12.5 Å². The molecule has 0 bridgehead atoms. The Morgan fingerprint density at radius 2 is 1.65 bits per heavy atom. The van der Waals surface area contributed by atoms with Crippen molar-refractivity contribution in [3.05, 3.63) is 71.3 Å². The van der Waals surface area contributed by atoms with Gasteiger partial charge < -0.3 is 0 Å². The molecule has 0 aliphatic carbocycles. The Morgan fingerprint density at radius 3 is 2.40 bits per heavy atom. The molecule has 20 heavy (non-hydrogen) atoms. The largest absolute Gasteiger partial charge is 0.298 e. The maximum atomic E-state index is 2.59. The van der Waals surface area contributed by atoms with E-state index in [1.807, 2.05) is 0 Å². The number of hydrogen-bond donors (Lipinski definition) is 0. The molecule has 0 amide bonds. The molecular formula is C19H23N. The molecule has 1 aliphatic rings. The van der Waals surface area contributed by atoms with E-state index in [1.165, 1.54) is 29.8 Å². The van der Waals surface area contributed by atoms with Crippen molar-refractivity contribution in [3.8, 4) is 0 Å². The fourth-order valence-electron chi connectivity index (χ4n) is 3.45. The number of benzene rings is 2. The van der Waals surface area contributed by atoms with Crippen LogP contribution in [0.1, 0.15) is 29.5 Å². The summed E-state index contributed by atoms with van der Waals surface area (Å²) in [6.45, 7) is 8.09. The third-order valence-electron chi connectivity index (χ3n) is 4.52. The Labute approximate surface area is 122 Å². The highest BCUT2D eigenvalue weighted by Crippen LogP contribution is 2.34. The van der Waals surface area contributed by atoms with Crippen LogP contribution < -0.4 is 0 Å². The van der Waals surface area contributed by atoms with Crippen LogP contribution in [0.3, 0.4) is 0 Å². The quantitative estimate of drug-likeness (QED) is 0.802. The Balaban J connectivity index is 1.73. The molecule has 2 atom stereocenters. The summed E-state index contributed by atoms with van der Waals surface area (Å²) in [6.07, 6.45) is 0. The van der Waals surface area contributed by atoms with E-state index in [-0.39, 0.29) is 0 Å². The van der Waals surface area contributed by atoms with Gasteiger partial charge >= 0.3 is 0 Å². The summed E-state index contributed by atoms with van der Waals surface area (Å²) in [5.41, 5.74) is 4.40. The maximum absolute atomic E-state index is 2.59. The molecule has 3 rings (SSSR count). The summed E-state index contributed by atoms with van der Waals surface area (Å²) in [5, 5.41) is 0. The van der Waals surface area contributed by atoms with E-state index >= 15 is 0 Å². The fraction of sp³-hybridized carbons (Fsp3) is 0.368. The summed E-state index contributed by atoms with van der Waals surface area (Å²) in [6, 6.07) is 19.7. The van der Waals surface area contributed by atoms with E-state index in [9.17, 15) is 0 Å². The lowest BCUT2D eigenvalue weighted by molar-refractivity contribution is 0.319. The minimum Gasteiger partial charge on any atom is -0.298 e. The third kappa shape index (κ3) is 2.78. The van der Waals surface area contributed by atoms with Crippen LogP contribution in [0, 0.1) is 12.8 Å². The van der Waals surface area contributed by atoms with Gasteiger partial charge in [-0.2, -0.15) is 0 Å². The average molecular weight is 265 g/mol. The number of aryl methyl sites for hydroxylation is 1. The minimum absolute atomic E-state index is 0.680. The molecule has 1 heterocycles. The summed E-state index contributed by atoms with van der Waals surface area (Å²) in [4.78, 5) is 2.59. The molecule has 1 fully saturated rings. The molecule has 0 N–H and O–H groups in total. The first-order chi connectivity index (χ1) is 9.74. The van der Waals surface area contributed by atoms with Crippen molar-refractivity contribution in [3.63, 3.8) is 0 Å². The van der Waals surface area contributed by atoms with Gasteiger partial charge in [-0.15, -0.1) is 0 Å². The molecular weight excluding hydrogens is 242 g/mol. The van der Waals surface area contributed by atoms with Crippen molar-refractivity contribution in [1.82, 2.24) is 4.90 Å². The summed E-state index contributed by atoms with van der Waals surface area (Å²) in [5.74, 6) is 1.42. The average Bonchev–Trinajstić information content (AvgIpc) is 2.81. The lowest BCUT2D eigenvalue weighted by Gasteiger charge is -2.18. The highest BCUT2D eigenvalue weighted by atomic mass is 15.1. The Bertz CT molecular complexity index is 561. The molecule has 1 nitrogen and oxygen atoms in total. The highest BCUT2D eigenvalue weighted by molar-refractivity contribution is 5.31. The van der Waals surface area contributed by atoms with Crippen molar-refractivity contribution in [2.24, 2.45) is 5.92 Å². The fourth-order valence-corrected chi connectivity index (χ4v) is 3.45. The van der Waals surface area contributed by atoms with Crippen molar-refractivity contribution in [2.75, 3.05) is 13.1 Å². The molecule has 1 aliphatic heterocycles. The van der Waals surface area contributed by atoms with Crippen molar-refractivity contribution < 1.29 is 0 Å². The summed E-state index contributed by atoms with van der Waals surface area (Å²) >= 11 is 0. The van der Waals surface area contributed by atoms with E-state index in [2.05, 4.69) is 73.3 Å². The Morgan fingerprint density at radius 1 is 0.950 bits per heavy atom. The molecule has 0 saturated carbocycles. The minimum atomic E-state index is 0.680. The van der Waals surface area contributed by atoms with Gasteiger partial charge in [-0.3, -0.25) is 4.90 Å². The lowest BCUT2D eigenvalue weighted by atomic mass is 9.88. The second kappa shape index (κ2) is 5.80. The van der Waals surface area contributed by atoms with Gasteiger partial charge in [0.05, 0.1) is 0 Å². The van der Waals surface area contributed by atoms with Gasteiger partial charge in [-0.1, -0.05) is 61.5 Å². The molecule has 2 aromatic rings. The van der Waals surface area contributed by atoms with Crippen molar-refractivity contribution in [1.29, 1.82) is 0 Å². The first kappa shape index (κ1) is 13.4. The standard InChI is InChI=1S/C19H23N/c1-15-8-6-7-11-18(15)19-14-20(12-16(19)2)13-17-9-4-3-5-10-17/h3-11,16,19H,12-14H2,1-2H3/t16-,19-/m0/s1. The first-order valence-electron chi connectivity index (χ1n) is 7.56. The molecule has 1 heteroatoms. The van der Waals surface area contributed by atoms with Crippen LogP contribution in [0.2, 0.25) is 0 Å².